The topological polar surface area (TPSA) is 21.3 Å². The molecule has 0 saturated carbocycles. The van der Waals surface area contributed by atoms with Crippen LogP contribution >= 0.6 is 27.5 Å². The summed E-state index contributed by atoms with van der Waals surface area (Å²) in [7, 11) is 0. The van der Waals surface area contributed by atoms with Gasteiger partial charge in [0.2, 0.25) is 0 Å². The summed E-state index contributed by atoms with van der Waals surface area (Å²) in [5, 5.41) is 4.00. The van der Waals surface area contributed by atoms with Crippen molar-refractivity contribution < 1.29 is 4.74 Å². The number of hydrogen-bond acceptors (Lipinski definition) is 2. The van der Waals surface area contributed by atoms with Crippen LogP contribution < -0.4 is 10.1 Å². The number of ether oxygens (including phenoxy) is 1. The summed E-state index contributed by atoms with van der Waals surface area (Å²) in [6.45, 7) is 5.69. The van der Waals surface area contributed by atoms with Crippen molar-refractivity contribution in [3.05, 3.63) is 57.0 Å². The monoisotopic (exact) mass is 353 g/mol. The lowest BCUT2D eigenvalue weighted by Gasteiger charge is -2.13. The maximum Gasteiger partial charge on any atom is 0.133 e. The molecule has 1 N–H and O–H groups in total. The standard InChI is InChI=1S/C16H17BrClNO/c1-3-19-10-13-15(18)5-4-6-16(13)20-12-7-8-14(17)11(2)9-12/h4-9,19H,3,10H2,1-2H3. The summed E-state index contributed by atoms with van der Waals surface area (Å²) in [5.41, 5.74) is 2.12. The zero-order valence-electron chi connectivity index (χ0n) is 11.5. The minimum absolute atomic E-state index is 0.695. The molecule has 0 unspecified atom stereocenters. The van der Waals surface area contributed by atoms with Crippen LogP contribution in [0.4, 0.5) is 0 Å². The smallest absolute Gasteiger partial charge is 0.133 e. The van der Waals surface area contributed by atoms with E-state index in [0.29, 0.717) is 6.54 Å². The van der Waals surface area contributed by atoms with Gasteiger partial charge in [-0.15, -0.1) is 0 Å². The van der Waals surface area contributed by atoms with E-state index in [1.54, 1.807) is 0 Å². The normalized spacial score (nSPS) is 10.6. The van der Waals surface area contributed by atoms with Crippen LogP contribution in [0.3, 0.4) is 0 Å². The van der Waals surface area contributed by atoms with Gasteiger partial charge in [-0.1, -0.05) is 40.5 Å². The molecular weight excluding hydrogens is 338 g/mol. The Kier molecular flexibility index (Phi) is 5.46. The van der Waals surface area contributed by atoms with Gasteiger partial charge >= 0.3 is 0 Å². The molecule has 0 aromatic heterocycles. The predicted molar refractivity (Wildman–Crippen MR) is 87.8 cm³/mol. The van der Waals surface area contributed by atoms with E-state index in [1.807, 2.05) is 43.3 Å². The molecule has 0 fully saturated rings. The maximum atomic E-state index is 6.26. The summed E-state index contributed by atoms with van der Waals surface area (Å²) >= 11 is 9.75. The van der Waals surface area contributed by atoms with Crippen molar-refractivity contribution in [3.8, 4) is 11.5 Å². The van der Waals surface area contributed by atoms with Gasteiger partial charge in [-0.2, -0.15) is 0 Å². The Hall–Kier alpha value is -1.03. The van der Waals surface area contributed by atoms with Gasteiger partial charge < -0.3 is 10.1 Å². The second-order valence-corrected chi connectivity index (χ2v) is 5.77. The minimum Gasteiger partial charge on any atom is -0.457 e. The Labute approximate surface area is 133 Å². The maximum absolute atomic E-state index is 6.26. The largest absolute Gasteiger partial charge is 0.457 e. The van der Waals surface area contributed by atoms with Gasteiger partial charge in [0.05, 0.1) is 0 Å². The first-order valence-corrected chi connectivity index (χ1v) is 7.71. The van der Waals surface area contributed by atoms with Crippen molar-refractivity contribution in [2.24, 2.45) is 0 Å². The molecular formula is C16H17BrClNO. The average molecular weight is 355 g/mol. The lowest BCUT2D eigenvalue weighted by molar-refractivity contribution is 0.473. The molecule has 0 heterocycles. The lowest BCUT2D eigenvalue weighted by Crippen LogP contribution is -2.12. The van der Waals surface area contributed by atoms with E-state index in [-0.39, 0.29) is 0 Å². The van der Waals surface area contributed by atoms with Gasteiger partial charge in [0.1, 0.15) is 11.5 Å². The van der Waals surface area contributed by atoms with Gasteiger partial charge in [0, 0.05) is 21.6 Å². The fourth-order valence-electron chi connectivity index (χ4n) is 1.86. The number of benzene rings is 2. The summed E-state index contributed by atoms with van der Waals surface area (Å²) in [6.07, 6.45) is 0. The third-order valence-corrected chi connectivity index (χ3v) is 4.23. The highest BCUT2D eigenvalue weighted by Gasteiger charge is 2.09. The zero-order chi connectivity index (χ0) is 14.5. The van der Waals surface area contributed by atoms with Crippen LogP contribution in [-0.2, 0) is 6.54 Å². The molecule has 0 saturated heterocycles. The van der Waals surface area contributed by atoms with Gasteiger partial charge in [-0.25, -0.2) is 0 Å². The number of rotatable bonds is 5. The van der Waals surface area contributed by atoms with E-state index in [1.165, 1.54) is 0 Å². The Morgan fingerprint density at radius 2 is 2.05 bits per heavy atom. The summed E-state index contributed by atoms with van der Waals surface area (Å²) in [4.78, 5) is 0. The first kappa shape index (κ1) is 15.4. The fourth-order valence-corrected chi connectivity index (χ4v) is 2.34. The molecule has 2 rings (SSSR count). The molecule has 0 radical (unpaired) electrons. The van der Waals surface area contributed by atoms with Crippen LogP contribution in [0.15, 0.2) is 40.9 Å². The van der Waals surface area contributed by atoms with Gasteiger partial charge in [0.15, 0.2) is 0 Å². The second kappa shape index (κ2) is 7.11. The number of hydrogen-bond donors (Lipinski definition) is 1. The van der Waals surface area contributed by atoms with E-state index in [4.69, 9.17) is 16.3 Å². The molecule has 20 heavy (non-hydrogen) atoms. The minimum atomic E-state index is 0.695. The Balaban J connectivity index is 2.28. The molecule has 2 aromatic carbocycles. The van der Waals surface area contributed by atoms with Crippen LogP contribution in [0.1, 0.15) is 18.1 Å². The number of nitrogens with one attached hydrogen (secondary N) is 1. The van der Waals surface area contributed by atoms with Crippen LogP contribution in [0.25, 0.3) is 0 Å². The Morgan fingerprint density at radius 1 is 1.25 bits per heavy atom. The number of aryl methyl sites for hydroxylation is 1. The molecule has 0 aliphatic rings. The van der Waals surface area contributed by atoms with Crippen molar-refractivity contribution in [1.29, 1.82) is 0 Å². The van der Waals surface area contributed by atoms with Gasteiger partial charge in [-0.3, -0.25) is 0 Å². The van der Waals surface area contributed by atoms with Crippen molar-refractivity contribution in [2.45, 2.75) is 20.4 Å². The van der Waals surface area contributed by atoms with Crippen LogP contribution in [-0.4, -0.2) is 6.54 Å². The Morgan fingerprint density at radius 3 is 2.75 bits per heavy atom. The van der Waals surface area contributed by atoms with E-state index in [2.05, 4.69) is 28.2 Å². The van der Waals surface area contributed by atoms with Crippen LogP contribution in [0.5, 0.6) is 11.5 Å². The molecule has 0 spiro atoms. The molecule has 0 amide bonds. The molecule has 0 aliphatic carbocycles. The molecule has 0 aliphatic heterocycles. The van der Waals surface area contributed by atoms with E-state index >= 15 is 0 Å². The third-order valence-electron chi connectivity index (χ3n) is 2.98. The fraction of sp³-hybridized carbons (Fsp3) is 0.250. The van der Waals surface area contributed by atoms with Crippen molar-refractivity contribution in [2.75, 3.05) is 6.54 Å². The van der Waals surface area contributed by atoms with Crippen molar-refractivity contribution in [1.82, 2.24) is 5.32 Å². The predicted octanol–water partition coefficient (Wildman–Crippen LogP) is 5.31. The van der Waals surface area contributed by atoms with Gasteiger partial charge in [-0.05, 0) is 49.4 Å². The molecule has 2 aromatic rings. The van der Waals surface area contributed by atoms with Gasteiger partial charge in [0.25, 0.3) is 0 Å². The molecule has 0 bridgehead atoms. The van der Waals surface area contributed by atoms with Crippen molar-refractivity contribution >= 4 is 27.5 Å². The summed E-state index contributed by atoms with van der Waals surface area (Å²) < 4.78 is 7.05. The van der Waals surface area contributed by atoms with E-state index in [0.717, 1.165) is 38.7 Å². The highest BCUT2D eigenvalue weighted by atomic mass is 79.9. The van der Waals surface area contributed by atoms with Crippen molar-refractivity contribution in [3.63, 3.8) is 0 Å². The Bertz CT molecular complexity index is 601. The SMILES string of the molecule is CCNCc1c(Cl)cccc1Oc1ccc(Br)c(C)c1. The lowest BCUT2D eigenvalue weighted by atomic mass is 10.2. The van der Waals surface area contributed by atoms with E-state index in [9.17, 15) is 0 Å². The molecule has 0 atom stereocenters. The van der Waals surface area contributed by atoms with E-state index < -0.39 is 0 Å². The highest BCUT2D eigenvalue weighted by Crippen LogP contribution is 2.31. The molecule has 106 valence electrons. The highest BCUT2D eigenvalue weighted by molar-refractivity contribution is 9.10. The summed E-state index contributed by atoms with van der Waals surface area (Å²) in [5.74, 6) is 1.60. The van der Waals surface area contributed by atoms with Crippen LogP contribution in [0, 0.1) is 6.92 Å². The third kappa shape index (κ3) is 3.75. The summed E-state index contributed by atoms with van der Waals surface area (Å²) in [6, 6.07) is 11.7. The van der Waals surface area contributed by atoms with Crippen LogP contribution in [0.2, 0.25) is 5.02 Å². The first-order chi connectivity index (χ1) is 9.61. The molecule has 4 heteroatoms. The molecule has 2 nitrogen and oxygen atoms in total. The average Bonchev–Trinajstić information content (AvgIpc) is 2.42. The quantitative estimate of drug-likeness (QED) is 0.785. The zero-order valence-corrected chi connectivity index (χ0v) is 13.9. The number of halogens is 2. The second-order valence-electron chi connectivity index (χ2n) is 4.51. The first-order valence-electron chi connectivity index (χ1n) is 6.54.